The molecule has 1 fully saturated rings. The highest BCUT2D eigenvalue weighted by Crippen LogP contribution is 2.30. The molecule has 25 heavy (non-hydrogen) atoms. The fraction of sp³-hybridized carbons (Fsp3) is 0.375. The van der Waals surface area contributed by atoms with Gasteiger partial charge in [0, 0.05) is 17.5 Å². The number of hydrogen-bond acceptors (Lipinski definition) is 4. The lowest BCUT2D eigenvalue weighted by Crippen LogP contribution is -2.35. The molecule has 1 saturated heterocycles. The van der Waals surface area contributed by atoms with Gasteiger partial charge in [0.15, 0.2) is 5.13 Å². The van der Waals surface area contributed by atoms with Gasteiger partial charge in [-0.3, -0.25) is 4.79 Å². The minimum absolute atomic E-state index is 0. The quantitative estimate of drug-likeness (QED) is 0.832. The van der Waals surface area contributed by atoms with E-state index in [1.165, 1.54) is 17.4 Å². The van der Waals surface area contributed by atoms with Crippen LogP contribution in [0.3, 0.4) is 0 Å². The summed E-state index contributed by atoms with van der Waals surface area (Å²) in [5.41, 5.74) is -0.103. The number of nitrogens with one attached hydrogen (secondary N) is 2. The number of thiazole rings is 1. The zero-order valence-corrected chi connectivity index (χ0v) is 14.7. The second kappa shape index (κ2) is 8.16. The molecule has 0 bridgehead atoms. The van der Waals surface area contributed by atoms with E-state index in [9.17, 15) is 18.0 Å². The molecule has 0 radical (unpaired) electrons. The van der Waals surface area contributed by atoms with E-state index in [1.807, 2.05) is 0 Å². The molecule has 1 aromatic heterocycles. The van der Waals surface area contributed by atoms with Crippen molar-refractivity contribution in [3.8, 4) is 0 Å². The van der Waals surface area contributed by atoms with E-state index in [0.29, 0.717) is 17.1 Å². The van der Waals surface area contributed by atoms with Crippen LogP contribution in [0.2, 0.25) is 0 Å². The first-order valence-electron chi connectivity index (χ1n) is 7.57. The van der Waals surface area contributed by atoms with E-state index in [-0.39, 0.29) is 24.4 Å². The molecule has 1 unspecified atom stereocenters. The van der Waals surface area contributed by atoms with Gasteiger partial charge in [-0.15, -0.1) is 23.7 Å². The summed E-state index contributed by atoms with van der Waals surface area (Å²) in [6.45, 7) is 0.830. The van der Waals surface area contributed by atoms with Crippen molar-refractivity contribution in [1.29, 1.82) is 0 Å². The number of aromatic nitrogens is 1. The molecule has 1 aliphatic heterocycles. The fourth-order valence-corrected chi connectivity index (χ4v) is 3.46. The first-order chi connectivity index (χ1) is 11.4. The second-order valence-electron chi connectivity index (χ2n) is 5.64. The van der Waals surface area contributed by atoms with Crippen molar-refractivity contribution in [2.75, 3.05) is 11.9 Å². The van der Waals surface area contributed by atoms with Crippen LogP contribution in [0.4, 0.5) is 18.3 Å². The molecule has 1 amide bonds. The number of alkyl halides is 3. The highest BCUT2D eigenvalue weighted by molar-refractivity contribution is 7.15. The molecule has 1 atom stereocenters. The van der Waals surface area contributed by atoms with E-state index >= 15 is 0 Å². The first-order valence-corrected chi connectivity index (χ1v) is 8.38. The number of halogens is 4. The predicted molar refractivity (Wildman–Crippen MR) is 93.3 cm³/mol. The van der Waals surface area contributed by atoms with Crippen LogP contribution in [0.15, 0.2) is 30.5 Å². The second-order valence-corrected chi connectivity index (χ2v) is 6.76. The molecule has 2 N–H and O–H groups in total. The third-order valence-electron chi connectivity index (χ3n) is 3.79. The Labute approximate surface area is 153 Å². The summed E-state index contributed by atoms with van der Waals surface area (Å²) in [7, 11) is 0. The summed E-state index contributed by atoms with van der Waals surface area (Å²) >= 11 is 1.28. The summed E-state index contributed by atoms with van der Waals surface area (Å²) in [6.07, 6.45) is -0.649. The third-order valence-corrected chi connectivity index (χ3v) is 4.71. The van der Waals surface area contributed by atoms with Crippen molar-refractivity contribution in [1.82, 2.24) is 10.3 Å². The van der Waals surface area contributed by atoms with E-state index in [2.05, 4.69) is 15.6 Å². The molecule has 0 saturated carbocycles. The molecule has 3 rings (SSSR count). The number of nitrogens with zero attached hydrogens (tertiary/aromatic N) is 1. The van der Waals surface area contributed by atoms with Gasteiger partial charge in [-0.2, -0.15) is 13.2 Å². The zero-order chi connectivity index (χ0) is 17.2. The molecule has 1 aromatic carbocycles. The van der Waals surface area contributed by atoms with Crippen LogP contribution in [0.25, 0.3) is 0 Å². The highest BCUT2D eigenvalue weighted by atomic mass is 35.5. The molecule has 2 aromatic rings. The van der Waals surface area contributed by atoms with Crippen molar-refractivity contribution in [3.63, 3.8) is 0 Å². The van der Waals surface area contributed by atoms with Crippen LogP contribution >= 0.6 is 23.7 Å². The van der Waals surface area contributed by atoms with Gasteiger partial charge in [0.1, 0.15) is 0 Å². The minimum atomic E-state index is -4.35. The summed E-state index contributed by atoms with van der Waals surface area (Å²) < 4.78 is 38.2. The molecular formula is C16H17ClF3N3OS. The van der Waals surface area contributed by atoms with Crippen LogP contribution in [0.5, 0.6) is 0 Å². The summed E-state index contributed by atoms with van der Waals surface area (Å²) in [4.78, 5) is 16.9. The monoisotopic (exact) mass is 391 g/mol. The van der Waals surface area contributed by atoms with Crippen molar-refractivity contribution in [2.45, 2.75) is 31.5 Å². The Morgan fingerprint density at radius 2 is 2.20 bits per heavy atom. The van der Waals surface area contributed by atoms with Crippen LogP contribution in [0.1, 0.15) is 28.8 Å². The van der Waals surface area contributed by atoms with Gasteiger partial charge in [0.25, 0.3) is 0 Å². The van der Waals surface area contributed by atoms with E-state index in [0.717, 1.165) is 36.4 Å². The molecular weight excluding hydrogens is 375 g/mol. The minimum Gasteiger partial charge on any atom is -0.306 e. The lowest BCUT2D eigenvalue weighted by Gasteiger charge is -2.08. The Morgan fingerprint density at radius 3 is 2.88 bits per heavy atom. The maximum Gasteiger partial charge on any atom is 0.416 e. The smallest absolute Gasteiger partial charge is 0.306 e. The van der Waals surface area contributed by atoms with Gasteiger partial charge in [-0.1, -0.05) is 18.2 Å². The van der Waals surface area contributed by atoms with E-state index in [4.69, 9.17) is 0 Å². The van der Waals surface area contributed by atoms with Gasteiger partial charge in [-0.25, -0.2) is 4.98 Å². The first kappa shape index (κ1) is 19.7. The summed E-state index contributed by atoms with van der Waals surface area (Å²) in [6, 6.07) is 5.04. The summed E-state index contributed by atoms with van der Waals surface area (Å²) in [5.74, 6) is -0.118. The van der Waals surface area contributed by atoms with Gasteiger partial charge < -0.3 is 10.6 Å². The molecule has 136 valence electrons. The Bertz CT molecular complexity index is 729. The van der Waals surface area contributed by atoms with Crippen molar-refractivity contribution >= 4 is 34.8 Å². The number of rotatable bonds is 4. The fourth-order valence-electron chi connectivity index (χ4n) is 2.61. The van der Waals surface area contributed by atoms with Crippen LogP contribution in [0, 0.1) is 0 Å². The van der Waals surface area contributed by atoms with Crippen LogP contribution in [-0.2, 0) is 17.4 Å². The van der Waals surface area contributed by atoms with E-state index in [1.54, 1.807) is 12.3 Å². The average molecular weight is 392 g/mol. The largest absolute Gasteiger partial charge is 0.416 e. The average Bonchev–Trinajstić information content (AvgIpc) is 3.18. The van der Waals surface area contributed by atoms with Crippen molar-refractivity contribution in [2.24, 2.45) is 0 Å². The number of benzene rings is 1. The van der Waals surface area contributed by atoms with Crippen molar-refractivity contribution in [3.05, 3.63) is 46.5 Å². The molecule has 9 heteroatoms. The third kappa shape index (κ3) is 5.17. The van der Waals surface area contributed by atoms with Gasteiger partial charge in [0.2, 0.25) is 5.91 Å². The van der Waals surface area contributed by atoms with Crippen molar-refractivity contribution < 1.29 is 18.0 Å². The molecule has 4 nitrogen and oxygen atoms in total. The molecule has 1 aliphatic rings. The van der Waals surface area contributed by atoms with Gasteiger partial charge in [-0.05, 0) is 31.0 Å². The lowest BCUT2D eigenvalue weighted by atomic mass is 10.1. The number of carbonyl (C=O) groups excluding carboxylic acids is 1. The molecule has 0 aliphatic carbocycles. The van der Waals surface area contributed by atoms with E-state index < -0.39 is 11.7 Å². The number of anilines is 1. The van der Waals surface area contributed by atoms with Gasteiger partial charge >= 0.3 is 6.18 Å². The topological polar surface area (TPSA) is 54.0 Å². The number of hydrogen-bond donors (Lipinski definition) is 2. The molecule has 0 spiro atoms. The predicted octanol–water partition coefficient (Wildman–Crippen LogP) is 3.87. The van der Waals surface area contributed by atoms with Crippen LogP contribution in [-0.4, -0.2) is 23.5 Å². The Balaban J connectivity index is 0.00000225. The number of amides is 1. The SMILES string of the molecule is Cl.O=C(Nc1ncc(Cc2cccc(C(F)(F)F)c2)s1)C1CCCN1. The lowest BCUT2D eigenvalue weighted by molar-refractivity contribution is -0.137. The van der Waals surface area contributed by atoms with Gasteiger partial charge in [0.05, 0.1) is 11.6 Å². The molecule has 2 heterocycles. The highest BCUT2D eigenvalue weighted by Gasteiger charge is 2.30. The summed E-state index contributed by atoms with van der Waals surface area (Å²) in [5, 5.41) is 6.32. The Hall–Kier alpha value is -1.64. The van der Waals surface area contributed by atoms with Crippen LogP contribution < -0.4 is 10.6 Å². The Kier molecular flexibility index (Phi) is 6.42. The number of carbonyl (C=O) groups is 1. The normalized spacial score (nSPS) is 17.2. The standard InChI is InChI=1S/C16H16F3N3OS.ClH/c17-16(18,19)11-4-1-3-10(7-11)8-12-9-21-15(24-12)22-14(23)13-5-2-6-20-13;/h1,3-4,7,9,13,20H,2,5-6,8H2,(H,21,22,23);1H. The Morgan fingerprint density at radius 1 is 1.40 bits per heavy atom. The zero-order valence-electron chi connectivity index (χ0n) is 13.1. The maximum atomic E-state index is 12.7. The maximum absolute atomic E-state index is 12.7.